The van der Waals surface area contributed by atoms with Gasteiger partial charge in [-0.3, -0.25) is 0 Å². The highest BCUT2D eigenvalue weighted by Gasteiger charge is 2.20. The van der Waals surface area contributed by atoms with E-state index in [2.05, 4.69) is 10.0 Å². The molecule has 0 aromatic heterocycles. The Labute approximate surface area is 110 Å². The second-order valence-electron chi connectivity index (χ2n) is 4.65. The molecule has 0 aromatic carbocycles. The van der Waals surface area contributed by atoms with E-state index >= 15 is 0 Å². The molecule has 1 rings (SSSR count). The zero-order chi connectivity index (χ0) is 13.4. The predicted molar refractivity (Wildman–Crippen MR) is 71.7 cm³/mol. The summed E-state index contributed by atoms with van der Waals surface area (Å²) in [6.07, 6.45) is 4.04. The van der Waals surface area contributed by atoms with Crippen molar-refractivity contribution in [2.75, 3.05) is 40.4 Å². The Hall–Kier alpha value is -0.210. The number of hydrogen-bond donors (Lipinski definition) is 2. The van der Waals surface area contributed by atoms with E-state index in [1.807, 2.05) is 0 Å². The summed E-state index contributed by atoms with van der Waals surface area (Å²) in [6, 6.07) is 0.680. The van der Waals surface area contributed by atoms with Gasteiger partial charge in [-0.25, -0.2) is 4.72 Å². The summed E-state index contributed by atoms with van der Waals surface area (Å²) in [5.74, 6) is 0. The van der Waals surface area contributed by atoms with Crippen LogP contribution in [0.3, 0.4) is 0 Å². The van der Waals surface area contributed by atoms with Crippen LogP contribution in [0.5, 0.6) is 0 Å². The molecule has 0 spiro atoms. The highest BCUT2D eigenvalue weighted by atomic mass is 32.2. The number of ether oxygens (including phenoxy) is 1. The number of nitrogens with zero attached hydrogens (tertiary/aromatic N) is 1. The van der Waals surface area contributed by atoms with Crippen molar-refractivity contribution < 1.29 is 13.2 Å². The van der Waals surface area contributed by atoms with Crippen LogP contribution in [0, 0.1) is 0 Å². The molecule has 1 aliphatic carbocycles. The van der Waals surface area contributed by atoms with Crippen molar-refractivity contribution in [2.45, 2.75) is 31.7 Å². The van der Waals surface area contributed by atoms with Gasteiger partial charge in [0, 0.05) is 39.9 Å². The summed E-state index contributed by atoms with van der Waals surface area (Å²) >= 11 is 0. The third kappa shape index (κ3) is 6.65. The number of methoxy groups -OCH3 is 1. The standard InChI is InChI=1S/C11H25N3O3S/c1-14(9-3-7-12-11-5-6-11)18(15,16)13-8-4-10-17-2/h11-13H,3-10H2,1-2H3. The van der Waals surface area contributed by atoms with Crippen molar-refractivity contribution in [1.29, 1.82) is 0 Å². The summed E-state index contributed by atoms with van der Waals surface area (Å²) in [4.78, 5) is 0. The Morgan fingerprint density at radius 2 is 2.00 bits per heavy atom. The molecule has 0 unspecified atom stereocenters. The maximum atomic E-state index is 11.8. The molecule has 7 heteroatoms. The van der Waals surface area contributed by atoms with E-state index in [1.165, 1.54) is 17.1 Å². The zero-order valence-corrected chi connectivity index (χ0v) is 12.1. The first-order valence-electron chi connectivity index (χ1n) is 6.49. The number of nitrogens with one attached hydrogen (secondary N) is 2. The minimum Gasteiger partial charge on any atom is -0.385 e. The van der Waals surface area contributed by atoms with Crippen molar-refractivity contribution in [1.82, 2.24) is 14.3 Å². The Balaban J connectivity index is 2.10. The lowest BCUT2D eigenvalue weighted by Crippen LogP contribution is -2.40. The smallest absolute Gasteiger partial charge is 0.279 e. The Kier molecular flexibility index (Phi) is 7.10. The topological polar surface area (TPSA) is 70.7 Å². The van der Waals surface area contributed by atoms with Crippen LogP contribution in [-0.4, -0.2) is 59.2 Å². The molecule has 0 saturated heterocycles. The van der Waals surface area contributed by atoms with Gasteiger partial charge in [0.2, 0.25) is 0 Å². The van der Waals surface area contributed by atoms with Crippen molar-refractivity contribution in [3.63, 3.8) is 0 Å². The molecule has 1 aliphatic rings. The van der Waals surface area contributed by atoms with Crippen LogP contribution < -0.4 is 10.0 Å². The largest absolute Gasteiger partial charge is 0.385 e. The molecule has 0 radical (unpaired) electrons. The van der Waals surface area contributed by atoms with Gasteiger partial charge in [0.05, 0.1) is 0 Å². The highest BCUT2D eigenvalue weighted by Crippen LogP contribution is 2.18. The Bertz CT molecular complexity index is 317. The summed E-state index contributed by atoms with van der Waals surface area (Å²) in [6.45, 7) is 2.41. The fourth-order valence-electron chi connectivity index (χ4n) is 1.54. The first kappa shape index (κ1) is 15.8. The van der Waals surface area contributed by atoms with E-state index in [4.69, 9.17) is 4.74 Å². The molecule has 18 heavy (non-hydrogen) atoms. The van der Waals surface area contributed by atoms with Crippen LogP contribution in [0.15, 0.2) is 0 Å². The fourth-order valence-corrected chi connectivity index (χ4v) is 2.54. The molecule has 0 heterocycles. The lowest BCUT2D eigenvalue weighted by Gasteiger charge is -2.17. The quantitative estimate of drug-likeness (QED) is 0.520. The van der Waals surface area contributed by atoms with E-state index in [0.717, 1.165) is 13.0 Å². The first-order chi connectivity index (χ1) is 8.56. The van der Waals surface area contributed by atoms with Crippen molar-refractivity contribution >= 4 is 10.2 Å². The van der Waals surface area contributed by atoms with Crippen LogP contribution in [0.1, 0.15) is 25.7 Å². The van der Waals surface area contributed by atoms with Crippen molar-refractivity contribution in [3.05, 3.63) is 0 Å². The van der Waals surface area contributed by atoms with Crippen LogP contribution >= 0.6 is 0 Å². The van der Waals surface area contributed by atoms with Gasteiger partial charge in [-0.1, -0.05) is 0 Å². The van der Waals surface area contributed by atoms with E-state index in [-0.39, 0.29) is 0 Å². The summed E-state index contributed by atoms with van der Waals surface area (Å²) in [7, 11) is -0.114. The minimum atomic E-state index is -3.33. The maximum absolute atomic E-state index is 11.8. The molecular weight excluding hydrogens is 254 g/mol. The van der Waals surface area contributed by atoms with E-state index in [9.17, 15) is 8.42 Å². The molecule has 1 saturated carbocycles. The SMILES string of the molecule is COCCCNS(=O)(=O)N(C)CCCNC1CC1. The van der Waals surface area contributed by atoms with Crippen LogP contribution in [0.2, 0.25) is 0 Å². The minimum absolute atomic E-state index is 0.417. The molecule has 6 nitrogen and oxygen atoms in total. The molecule has 108 valence electrons. The van der Waals surface area contributed by atoms with Crippen molar-refractivity contribution in [3.8, 4) is 0 Å². The fraction of sp³-hybridized carbons (Fsp3) is 1.00. The molecule has 0 aromatic rings. The molecule has 2 N–H and O–H groups in total. The predicted octanol–water partition coefficient (Wildman–Crippen LogP) is -0.0688. The molecule has 0 atom stereocenters. The average molecular weight is 279 g/mol. The van der Waals surface area contributed by atoms with Gasteiger partial charge in [0.1, 0.15) is 0 Å². The highest BCUT2D eigenvalue weighted by molar-refractivity contribution is 7.87. The third-order valence-corrected chi connectivity index (χ3v) is 4.45. The van der Waals surface area contributed by atoms with Crippen molar-refractivity contribution in [2.24, 2.45) is 0 Å². The lowest BCUT2D eigenvalue weighted by atomic mass is 10.4. The van der Waals surface area contributed by atoms with Crippen LogP contribution in [-0.2, 0) is 14.9 Å². The van der Waals surface area contributed by atoms with E-state index < -0.39 is 10.2 Å². The zero-order valence-electron chi connectivity index (χ0n) is 11.3. The van der Waals surface area contributed by atoms with Crippen LogP contribution in [0.4, 0.5) is 0 Å². The Morgan fingerprint density at radius 1 is 1.28 bits per heavy atom. The second kappa shape index (κ2) is 8.06. The summed E-state index contributed by atoms with van der Waals surface area (Å²) < 4.78 is 32.4. The van der Waals surface area contributed by atoms with Gasteiger partial charge in [-0.15, -0.1) is 0 Å². The van der Waals surface area contributed by atoms with Crippen LogP contribution in [0.25, 0.3) is 0 Å². The van der Waals surface area contributed by atoms with Gasteiger partial charge in [-0.2, -0.15) is 12.7 Å². The molecule has 0 bridgehead atoms. The first-order valence-corrected chi connectivity index (χ1v) is 7.93. The van der Waals surface area contributed by atoms with Gasteiger partial charge in [-0.05, 0) is 32.2 Å². The Morgan fingerprint density at radius 3 is 2.61 bits per heavy atom. The second-order valence-corrected chi connectivity index (χ2v) is 6.51. The maximum Gasteiger partial charge on any atom is 0.279 e. The summed E-state index contributed by atoms with van der Waals surface area (Å²) in [5, 5.41) is 3.36. The average Bonchev–Trinajstić information content (AvgIpc) is 3.14. The van der Waals surface area contributed by atoms with Gasteiger partial charge < -0.3 is 10.1 Å². The van der Waals surface area contributed by atoms with Gasteiger partial charge >= 0.3 is 0 Å². The normalized spacial score (nSPS) is 16.4. The number of hydrogen-bond acceptors (Lipinski definition) is 4. The van der Waals surface area contributed by atoms with Gasteiger partial charge in [0.25, 0.3) is 10.2 Å². The van der Waals surface area contributed by atoms with E-state index in [0.29, 0.717) is 32.2 Å². The third-order valence-electron chi connectivity index (χ3n) is 2.88. The molecule has 1 fully saturated rings. The summed E-state index contributed by atoms with van der Waals surface area (Å²) in [5.41, 5.74) is 0. The molecule has 0 aliphatic heterocycles. The lowest BCUT2D eigenvalue weighted by molar-refractivity contribution is 0.195. The molecule has 0 amide bonds. The number of rotatable bonds is 11. The molecular formula is C11H25N3O3S. The van der Waals surface area contributed by atoms with Gasteiger partial charge in [0.15, 0.2) is 0 Å². The monoisotopic (exact) mass is 279 g/mol. The van der Waals surface area contributed by atoms with E-state index in [1.54, 1.807) is 14.2 Å².